The number of carbonyl (C=O) groups is 1. The van der Waals surface area contributed by atoms with Gasteiger partial charge in [0.1, 0.15) is 0 Å². The first kappa shape index (κ1) is 13.4. The maximum Gasteiger partial charge on any atom is 0.238 e. The van der Waals surface area contributed by atoms with Crippen LogP contribution in [0, 0.1) is 6.92 Å². The van der Waals surface area contributed by atoms with Crippen molar-refractivity contribution in [3.8, 4) is 0 Å². The van der Waals surface area contributed by atoms with Gasteiger partial charge in [0.2, 0.25) is 15.9 Å². The number of hydrogen-bond donors (Lipinski definition) is 2. The summed E-state index contributed by atoms with van der Waals surface area (Å²) in [5.74, 6) is -0.132. The van der Waals surface area contributed by atoms with Gasteiger partial charge >= 0.3 is 0 Å². The van der Waals surface area contributed by atoms with Gasteiger partial charge in [0.05, 0.1) is 9.32 Å². The number of hydrogen-bond acceptors (Lipinski definition) is 3. The minimum absolute atomic E-state index is 0.0393. The Kier molecular flexibility index (Phi) is 4.28. The second kappa shape index (κ2) is 5.11. The molecule has 0 aliphatic heterocycles. The third-order valence-corrected chi connectivity index (χ3v) is 3.53. The molecular weight excluding hydrogens is 343 g/mol. The minimum atomic E-state index is -3.69. The van der Waals surface area contributed by atoms with Gasteiger partial charge < -0.3 is 5.32 Å². The largest absolute Gasteiger partial charge is 0.325 e. The van der Waals surface area contributed by atoms with Crippen molar-refractivity contribution in [2.75, 3.05) is 9.74 Å². The quantitative estimate of drug-likeness (QED) is 0.627. The summed E-state index contributed by atoms with van der Waals surface area (Å²) in [6.45, 7) is 1.71. The highest BCUT2D eigenvalue weighted by atomic mass is 127. The third kappa shape index (κ3) is 3.42. The highest BCUT2D eigenvalue weighted by molar-refractivity contribution is 14.1. The molecule has 1 aromatic carbocycles. The summed E-state index contributed by atoms with van der Waals surface area (Å²) < 4.78 is 22.5. The van der Waals surface area contributed by atoms with Crippen LogP contribution in [0.3, 0.4) is 0 Å². The first-order valence-electron chi connectivity index (χ1n) is 4.34. The average Bonchev–Trinajstić information content (AvgIpc) is 2.19. The average molecular weight is 354 g/mol. The lowest BCUT2D eigenvalue weighted by Crippen LogP contribution is -2.15. The summed E-state index contributed by atoms with van der Waals surface area (Å²) in [4.78, 5) is 11.2. The van der Waals surface area contributed by atoms with E-state index >= 15 is 0 Å². The van der Waals surface area contributed by atoms with E-state index in [1.54, 1.807) is 6.92 Å². The first-order valence-corrected chi connectivity index (χ1v) is 7.41. The van der Waals surface area contributed by atoms with Gasteiger partial charge in [0, 0.05) is 5.69 Å². The number of rotatable bonds is 3. The summed E-state index contributed by atoms with van der Waals surface area (Å²) in [6.07, 6.45) is 0. The third-order valence-electron chi connectivity index (χ3n) is 1.92. The van der Waals surface area contributed by atoms with E-state index < -0.39 is 10.0 Å². The molecule has 0 atom stereocenters. The Bertz CT molecular complexity index is 513. The first-order chi connectivity index (χ1) is 7.34. The molecule has 0 saturated carbocycles. The van der Waals surface area contributed by atoms with Crippen LogP contribution in [0.4, 0.5) is 5.69 Å². The Labute approximate surface area is 108 Å². The highest BCUT2D eigenvalue weighted by Crippen LogP contribution is 2.18. The molecule has 1 aromatic rings. The van der Waals surface area contributed by atoms with E-state index in [1.165, 1.54) is 18.2 Å². The molecule has 0 aliphatic rings. The highest BCUT2D eigenvalue weighted by Gasteiger charge is 2.10. The summed E-state index contributed by atoms with van der Waals surface area (Å²) in [5.41, 5.74) is 1.25. The van der Waals surface area contributed by atoms with E-state index in [9.17, 15) is 13.2 Å². The second-order valence-corrected chi connectivity index (χ2v) is 5.53. The molecule has 16 heavy (non-hydrogen) atoms. The van der Waals surface area contributed by atoms with E-state index in [-0.39, 0.29) is 10.8 Å². The number of carbonyl (C=O) groups excluding carboxylic acids is 1. The number of primary sulfonamides is 1. The second-order valence-electron chi connectivity index (χ2n) is 3.20. The summed E-state index contributed by atoms with van der Waals surface area (Å²) in [7, 11) is -3.69. The van der Waals surface area contributed by atoms with Crippen LogP contribution < -0.4 is 10.5 Å². The number of sulfonamides is 1. The molecule has 0 aromatic heterocycles. The maximum absolute atomic E-state index is 11.2. The fraction of sp³-hybridized carbons (Fsp3) is 0.222. The van der Waals surface area contributed by atoms with E-state index in [4.69, 9.17) is 5.14 Å². The predicted molar refractivity (Wildman–Crippen MR) is 70.1 cm³/mol. The number of amides is 1. The Morgan fingerprint density at radius 3 is 2.56 bits per heavy atom. The molecule has 0 heterocycles. The zero-order valence-corrected chi connectivity index (χ0v) is 11.5. The lowest BCUT2D eigenvalue weighted by atomic mass is 10.2. The molecule has 88 valence electrons. The summed E-state index contributed by atoms with van der Waals surface area (Å²) in [6, 6.07) is 4.32. The normalized spacial score (nSPS) is 11.2. The molecule has 0 bridgehead atoms. The maximum atomic E-state index is 11.2. The number of halogens is 1. The van der Waals surface area contributed by atoms with Gasteiger partial charge in [-0.2, -0.15) is 0 Å². The number of aryl methyl sites for hydroxylation is 1. The van der Waals surface area contributed by atoms with Gasteiger partial charge in [0.15, 0.2) is 0 Å². The minimum Gasteiger partial charge on any atom is -0.325 e. The Balaban J connectivity index is 3.06. The van der Waals surface area contributed by atoms with Crippen molar-refractivity contribution in [1.29, 1.82) is 0 Å². The fourth-order valence-corrected chi connectivity index (χ4v) is 1.93. The molecule has 0 spiro atoms. The van der Waals surface area contributed by atoms with Crippen molar-refractivity contribution < 1.29 is 13.2 Å². The van der Waals surface area contributed by atoms with Gasteiger partial charge in [-0.15, -0.1) is 0 Å². The van der Waals surface area contributed by atoms with Crippen molar-refractivity contribution in [2.45, 2.75) is 11.8 Å². The van der Waals surface area contributed by atoms with Crippen molar-refractivity contribution in [3.05, 3.63) is 23.8 Å². The van der Waals surface area contributed by atoms with E-state index in [0.29, 0.717) is 15.7 Å². The Hall–Kier alpha value is -0.670. The molecule has 3 N–H and O–H groups in total. The monoisotopic (exact) mass is 354 g/mol. The molecule has 7 heteroatoms. The molecule has 0 radical (unpaired) electrons. The van der Waals surface area contributed by atoms with Crippen molar-refractivity contribution in [3.63, 3.8) is 0 Å². The van der Waals surface area contributed by atoms with Crippen molar-refractivity contribution >= 4 is 44.2 Å². The van der Waals surface area contributed by atoms with Crippen molar-refractivity contribution in [2.24, 2.45) is 5.14 Å². The van der Waals surface area contributed by atoms with E-state index in [1.807, 2.05) is 22.6 Å². The molecule has 0 saturated heterocycles. The number of nitrogens with two attached hydrogens (primary N) is 1. The topological polar surface area (TPSA) is 89.3 Å². The fourth-order valence-electron chi connectivity index (χ4n) is 1.14. The van der Waals surface area contributed by atoms with Crippen LogP contribution in [-0.2, 0) is 14.8 Å². The van der Waals surface area contributed by atoms with Gasteiger partial charge in [-0.25, -0.2) is 13.6 Å². The molecule has 1 amide bonds. The van der Waals surface area contributed by atoms with Crippen LogP contribution in [0.25, 0.3) is 0 Å². The van der Waals surface area contributed by atoms with E-state index in [0.717, 1.165) is 0 Å². The van der Waals surface area contributed by atoms with Crippen LogP contribution in [0.15, 0.2) is 23.1 Å². The van der Waals surface area contributed by atoms with Crippen LogP contribution in [-0.4, -0.2) is 18.8 Å². The standard InChI is InChI=1S/C9H11IN2O3S/c1-6-4-7(16(11,14)15)2-3-8(6)12-9(13)5-10/h2-4H,5H2,1H3,(H,12,13)(H2,11,14,15). The van der Waals surface area contributed by atoms with Gasteiger partial charge in [-0.05, 0) is 30.7 Å². The van der Waals surface area contributed by atoms with Crippen molar-refractivity contribution in [1.82, 2.24) is 0 Å². The Morgan fingerprint density at radius 1 is 1.50 bits per heavy atom. The summed E-state index contributed by atoms with van der Waals surface area (Å²) in [5, 5.41) is 7.64. The molecule has 0 unspecified atom stereocenters. The SMILES string of the molecule is Cc1cc(S(N)(=O)=O)ccc1NC(=O)CI. The molecule has 5 nitrogen and oxygen atoms in total. The predicted octanol–water partition coefficient (Wildman–Crippen LogP) is 1.02. The molecular formula is C9H11IN2O3S. The number of anilines is 1. The van der Waals surface area contributed by atoms with Gasteiger partial charge in [-0.3, -0.25) is 4.79 Å². The van der Waals surface area contributed by atoms with Crippen LogP contribution in [0.1, 0.15) is 5.56 Å². The lowest BCUT2D eigenvalue weighted by molar-refractivity contribution is -0.113. The molecule has 0 fully saturated rings. The lowest BCUT2D eigenvalue weighted by Gasteiger charge is -2.08. The van der Waals surface area contributed by atoms with E-state index in [2.05, 4.69) is 5.32 Å². The molecule has 0 aliphatic carbocycles. The van der Waals surface area contributed by atoms with Gasteiger partial charge in [0.25, 0.3) is 0 Å². The Morgan fingerprint density at radius 2 is 2.12 bits per heavy atom. The van der Waals surface area contributed by atoms with Gasteiger partial charge in [-0.1, -0.05) is 22.6 Å². The zero-order valence-electron chi connectivity index (χ0n) is 8.53. The zero-order chi connectivity index (χ0) is 12.3. The number of nitrogens with one attached hydrogen (secondary N) is 1. The van der Waals surface area contributed by atoms with Crippen LogP contribution >= 0.6 is 22.6 Å². The smallest absolute Gasteiger partial charge is 0.238 e. The summed E-state index contributed by atoms with van der Waals surface area (Å²) >= 11 is 1.94. The van der Waals surface area contributed by atoms with Crippen LogP contribution in [0.2, 0.25) is 0 Å². The molecule has 1 rings (SSSR count). The van der Waals surface area contributed by atoms with Crippen LogP contribution in [0.5, 0.6) is 0 Å². The number of benzene rings is 1. The number of alkyl halides is 1.